The molecule has 3 heterocycles. The van der Waals surface area contributed by atoms with Crippen molar-refractivity contribution in [2.24, 2.45) is 7.05 Å². The van der Waals surface area contributed by atoms with E-state index in [0.717, 1.165) is 12.8 Å². The minimum Gasteiger partial charge on any atom is -0.358 e. The van der Waals surface area contributed by atoms with Crippen LogP contribution in [0.1, 0.15) is 36.2 Å². The Kier molecular flexibility index (Phi) is 4.29. The largest absolute Gasteiger partial charge is 0.358 e. The van der Waals surface area contributed by atoms with Crippen molar-refractivity contribution in [3.63, 3.8) is 0 Å². The van der Waals surface area contributed by atoms with Crippen molar-refractivity contribution in [3.8, 4) is 0 Å². The molecule has 1 unspecified atom stereocenters. The van der Waals surface area contributed by atoms with Gasteiger partial charge in [-0.15, -0.1) is 0 Å². The number of hydrogen-bond donors (Lipinski definition) is 1. The van der Waals surface area contributed by atoms with Crippen LogP contribution in [0.5, 0.6) is 0 Å². The summed E-state index contributed by atoms with van der Waals surface area (Å²) in [6.45, 7) is 1.17. The molecule has 1 atom stereocenters. The Bertz CT molecular complexity index is 670. The number of aryl methyl sites for hydroxylation is 1. The molecular formula is C16H23N5O3. The fraction of sp³-hybridized carbons (Fsp3) is 0.625. The summed E-state index contributed by atoms with van der Waals surface area (Å²) in [6, 6.07) is 1.70. The van der Waals surface area contributed by atoms with Crippen molar-refractivity contribution < 1.29 is 14.4 Å². The second kappa shape index (κ2) is 6.26. The van der Waals surface area contributed by atoms with Crippen molar-refractivity contribution in [3.05, 3.63) is 18.0 Å². The van der Waals surface area contributed by atoms with Crippen LogP contribution in [-0.2, 0) is 16.6 Å². The van der Waals surface area contributed by atoms with Crippen LogP contribution in [-0.4, -0.2) is 69.5 Å². The summed E-state index contributed by atoms with van der Waals surface area (Å²) in [5, 5.41) is 6.75. The Morgan fingerprint density at radius 2 is 2.17 bits per heavy atom. The minimum absolute atomic E-state index is 0.00858. The Labute approximate surface area is 140 Å². The number of aromatic nitrogens is 2. The quantitative estimate of drug-likeness (QED) is 0.827. The first-order valence-electron chi connectivity index (χ1n) is 8.25. The van der Waals surface area contributed by atoms with Crippen LogP contribution in [0.15, 0.2) is 12.3 Å². The van der Waals surface area contributed by atoms with Gasteiger partial charge in [-0.05, 0) is 25.3 Å². The molecule has 1 aromatic heterocycles. The lowest BCUT2D eigenvalue weighted by Gasteiger charge is -2.45. The maximum absolute atomic E-state index is 12.7. The molecule has 130 valence electrons. The lowest BCUT2D eigenvalue weighted by atomic mass is 9.86. The molecule has 0 aromatic carbocycles. The third-order valence-corrected chi connectivity index (χ3v) is 5.03. The van der Waals surface area contributed by atoms with Gasteiger partial charge in [0.15, 0.2) is 0 Å². The molecule has 24 heavy (non-hydrogen) atoms. The molecule has 1 aromatic rings. The zero-order valence-electron chi connectivity index (χ0n) is 14.1. The molecule has 0 saturated carbocycles. The number of carbonyl (C=O) groups is 3. The third-order valence-electron chi connectivity index (χ3n) is 5.03. The molecule has 8 nitrogen and oxygen atoms in total. The number of amides is 3. The Morgan fingerprint density at radius 1 is 1.38 bits per heavy atom. The van der Waals surface area contributed by atoms with Crippen LogP contribution in [0.3, 0.4) is 0 Å². The summed E-state index contributed by atoms with van der Waals surface area (Å²) >= 11 is 0. The van der Waals surface area contributed by atoms with Gasteiger partial charge in [0, 0.05) is 39.8 Å². The smallest absolute Gasteiger partial charge is 0.274 e. The van der Waals surface area contributed by atoms with Gasteiger partial charge in [-0.2, -0.15) is 5.10 Å². The van der Waals surface area contributed by atoms with E-state index >= 15 is 0 Å². The Hall–Kier alpha value is -2.38. The van der Waals surface area contributed by atoms with Gasteiger partial charge in [0.25, 0.3) is 5.91 Å². The summed E-state index contributed by atoms with van der Waals surface area (Å²) in [6.07, 6.45) is 4.50. The predicted octanol–water partition coefficient (Wildman–Crippen LogP) is -0.237. The van der Waals surface area contributed by atoms with Crippen LogP contribution in [0.4, 0.5) is 0 Å². The van der Waals surface area contributed by atoms with Crippen LogP contribution in [0, 0.1) is 0 Å². The molecule has 0 bridgehead atoms. The number of piperidine rings is 1. The first kappa shape index (κ1) is 16.5. The minimum atomic E-state index is -0.424. The Morgan fingerprint density at radius 3 is 2.83 bits per heavy atom. The monoisotopic (exact) mass is 333 g/mol. The molecule has 1 spiro atoms. The van der Waals surface area contributed by atoms with E-state index < -0.39 is 5.54 Å². The van der Waals surface area contributed by atoms with Gasteiger partial charge >= 0.3 is 0 Å². The standard InChI is InChI=1S/C16H23N5O3/c1-17-13(22)10-21-14(23)4-7-16(21)6-3-8-20(11-16)15(24)12-5-9-19(2)18-12/h5,9H,3-4,6-8,10-11H2,1-2H3,(H,17,22). The van der Waals surface area contributed by atoms with E-state index in [2.05, 4.69) is 10.4 Å². The van der Waals surface area contributed by atoms with Gasteiger partial charge in [-0.1, -0.05) is 0 Å². The highest BCUT2D eigenvalue weighted by Crippen LogP contribution is 2.38. The maximum atomic E-state index is 12.7. The van der Waals surface area contributed by atoms with Crippen molar-refractivity contribution in [2.75, 3.05) is 26.7 Å². The number of likely N-dealkylation sites (N-methyl/N-ethyl adjacent to an activating group) is 1. The molecular weight excluding hydrogens is 310 g/mol. The molecule has 8 heteroatoms. The van der Waals surface area contributed by atoms with Crippen molar-refractivity contribution in [1.29, 1.82) is 0 Å². The number of likely N-dealkylation sites (tertiary alicyclic amines) is 2. The van der Waals surface area contributed by atoms with Gasteiger partial charge in [0.05, 0.1) is 5.54 Å². The number of nitrogens with zero attached hydrogens (tertiary/aromatic N) is 4. The number of rotatable bonds is 3. The second-order valence-corrected chi connectivity index (χ2v) is 6.58. The van der Waals surface area contributed by atoms with Crippen LogP contribution in [0.25, 0.3) is 0 Å². The molecule has 2 saturated heterocycles. The summed E-state index contributed by atoms with van der Waals surface area (Å²) in [4.78, 5) is 40.2. The van der Waals surface area contributed by atoms with Crippen LogP contribution in [0.2, 0.25) is 0 Å². The highest BCUT2D eigenvalue weighted by molar-refractivity contribution is 5.92. The summed E-state index contributed by atoms with van der Waals surface area (Å²) in [7, 11) is 3.34. The highest BCUT2D eigenvalue weighted by Gasteiger charge is 2.49. The van der Waals surface area contributed by atoms with Gasteiger partial charge < -0.3 is 15.1 Å². The maximum Gasteiger partial charge on any atom is 0.274 e. The third kappa shape index (κ3) is 2.88. The lowest BCUT2D eigenvalue weighted by Crippen LogP contribution is -2.59. The van der Waals surface area contributed by atoms with E-state index in [1.54, 1.807) is 40.8 Å². The van der Waals surface area contributed by atoms with E-state index in [-0.39, 0.29) is 24.3 Å². The Balaban J connectivity index is 1.79. The van der Waals surface area contributed by atoms with E-state index in [4.69, 9.17) is 0 Å². The topological polar surface area (TPSA) is 87.5 Å². The van der Waals surface area contributed by atoms with Gasteiger partial charge in [-0.25, -0.2) is 0 Å². The first-order valence-corrected chi connectivity index (χ1v) is 8.25. The average molecular weight is 333 g/mol. The molecule has 1 N–H and O–H groups in total. The molecule has 0 aliphatic carbocycles. The fourth-order valence-corrected chi connectivity index (χ4v) is 3.75. The summed E-state index contributed by atoms with van der Waals surface area (Å²) in [5.74, 6) is -0.308. The molecule has 0 radical (unpaired) electrons. The van der Waals surface area contributed by atoms with Crippen LogP contribution < -0.4 is 5.32 Å². The van der Waals surface area contributed by atoms with Gasteiger partial charge in [-0.3, -0.25) is 19.1 Å². The van der Waals surface area contributed by atoms with E-state index in [1.807, 2.05) is 0 Å². The zero-order valence-corrected chi connectivity index (χ0v) is 14.1. The second-order valence-electron chi connectivity index (χ2n) is 6.58. The summed E-state index contributed by atoms with van der Waals surface area (Å²) < 4.78 is 1.60. The summed E-state index contributed by atoms with van der Waals surface area (Å²) in [5.41, 5.74) is -0.0107. The predicted molar refractivity (Wildman–Crippen MR) is 86.1 cm³/mol. The van der Waals surface area contributed by atoms with Crippen LogP contribution >= 0.6 is 0 Å². The van der Waals surface area contributed by atoms with E-state index in [0.29, 0.717) is 31.6 Å². The molecule has 3 rings (SSSR count). The fourth-order valence-electron chi connectivity index (χ4n) is 3.75. The van der Waals surface area contributed by atoms with E-state index in [1.165, 1.54) is 0 Å². The average Bonchev–Trinajstić information content (AvgIpc) is 3.13. The first-order chi connectivity index (χ1) is 11.4. The molecule has 2 aliphatic heterocycles. The highest BCUT2D eigenvalue weighted by atomic mass is 16.2. The van der Waals surface area contributed by atoms with Crippen molar-refractivity contribution >= 4 is 17.7 Å². The number of hydrogen-bond acceptors (Lipinski definition) is 4. The SMILES string of the molecule is CNC(=O)CN1C(=O)CCC12CCCN(C(=O)c1ccn(C)n1)C2. The molecule has 3 amide bonds. The zero-order chi connectivity index (χ0) is 17.3. The van der Waals surface area contributed by atoms with E-state index in [9.17, 15) is 14.4 Å². The van der Waals surface area contributed by atoms with Crippen molar-refractivity contribution in [2.45, 2.75) is 31.2 Å². The molecule has 2 aliphatic rings. The number of carbonyl (C=O) groups excluding carboxylic acids is 3. The molecule has 2 fully saturated rings. The van der Waals surface area contributed by atoms with Crippen molar-refractivity contribution in [1.82, 2.24) is 24.9 Å². The van der Waals surface area contributed by atoms with Gasteiger partial charge in [0.1, 0.15) is 12.2 Å². The normalized spacial score (nSPS) is 23.8. The lowest BCUT2D eigenvalue weighted by molar-refractivity contribution is -0.138. The number of nitrogens with one attached hydrogen (secondary N) is 1. The van der Waals surface area contributed by atoms with Gasteiger partial charge in [0.2, 0.25) is 11.8 Å².